The van der Waals surface area contributed by atoms with Gasteiger partial charge in [-0.05, 0) is 50.5 Å². The quantitative estimate of drug-likeness (QED) is 0.863. The molecule has 4 heteroatoms. The van der Waals surface area contributed by atoms with Gasteiger partial charge in [-0.15, -0.1) is 0 Å². The molecule has 1 aliphatic heterocycles. The lowest BCUT2D eigenvalue weighted by Gasteiger charge is -2.30. The molecule has 1 heterocycles. The molecule has 2 aliphatic rings. The van der Waals surface area contributed by atoms with Gasteiger partial charge < -0.3 is 15.8 Å². The minimum atomic E-state index is 0.0105. The molecule has 20 heavy (non-hydrogen) atoms. The normalized spacial score (nSPS) is 30.4. The van der Waals surface area contributed by atoms with Crippen molar-refractivity contribution in [2.45, 2.75) is 43.8 Å². The second-order valence-corrected chi connectivity index (χ2v) is 6.29. The molecular formula is C16H25N3O. The fourth-order valence-electron chi connectivity index (χ4n) is 3.42. The van der Waals surface area contributed by atoms with E-state index in [1.807, 2.05) is 12.1 Å². The van der Waals surface area contributed by atoms with E-state index in [1.165, 1.54) is 12.8 Å². The highest BCUT2D eigenvalue weighted by atomic mass is 16.5. The molecule has 1 aliphatic carbocycles. The molecule has 0 bridgehead atoms. The Bertz CT molecular complexity index is 457. The summed E-state index contributed by atoms with van der Waals surface area (Å²) in [6.45, 7) is 4.05. The predicted molar refractivity (Wildman–Crippen MR) is 82.2 cm³/mol. The van der Waals surface area contributed by atoms with Gasteiger partial charge in [0, 0.05) is 30.9 Å². The number of ether oxygens (including phenoxy) is 1. The molecule has 1 saturated heterocycles. The van der Waals surface area contributed by atoms with Crippen LogP contribution in [0.5, 0.6) is 5.75 Å². The van der Waals surface area contributed by atoms with E-state index >= 15 is 0 Å². The van der Waals surface area contributed by atoms with Gasteiger partial charge in [-0.1, -0.05) is 0 Å². The molecule has 2 unspecified atom stereocenters. The van der Waals surface area contributed by atoms with Crippen molar-refractivity contribution in [3.8, 4) is 5.75 Å². The van der Waals surface area contributed by atoms with Gasteiger partial charge in [0.25, 0.3) is 0 Å². The summed E-state index contributed by atoms with van der Waals surface area (Å²) in [5.74, 6) is 0.886. The number of benzene rings is 1. The summed E-state index contributed by atoms with van der Waals surface area (Å²) < 4.78 is 5.20. The molecule has 0 amide bonds. The van der Waals surface area contributed by atoms with Gasteiger partial charge in [-0.3, -0.25) is 4.90 Å². The maximum absolute atomic E-state index is 6.10. The number of methoxy groups -OCH3 is 1. The summed E-state index contributed by atoms with van der Waals surface area (Å²) in [5, 5.41) is 3.68. The summed E-state index contributed by atoms with van der Waals surface area (Å²) >= 11 is 0. The first-order valence-electron chi connectivity index (χ1n) is 7.54. The number of nitrogens with zero attached hydrogens (tertiary/aromatic N) is 1. The molecule has 110 valence electrons. The second-order valence-electron chi connectivity index (χ2n) is 6.29. The van der Waals surface area contributed by atoms with Crippen molar-refractivity contribution in [3.63, 3.8) is 0 Å². The largest absolute Gasteiger partial charge is 0.497 e. The molecule has 2 fully saturated rings. The van der Waals surface area contributed by atoms with Crippen LogP contribution in [0.15, 0.2) is 24.3 Å². The average Bonchev–Trinajstić information content (AvgIpc) is 3.25. The van der Waals surface area contributed by atoms with Crippen molar-refractivity contribution in [1.82, 2.24) is 4.90 Å². The number of hydrogen-bond donors (Lipinski definition) is 2. The van der Waals surface area contributed by atoms with E-state index in [2.05, 4.69) is 29.3 Å². The van der Waals surface area contributed by atoms with Crippen LogP contribution in [0.25, 0.3) is 0 Å². The minimum Gasteiger partial charge on any atom is -0.497 e. The van der Waals surface area contributed by atoms with Gasteiger partial charge in [-0.25, -0.2) is 0 Å². The van der Waals surface area contributed by atoms with Crippen LogP contribution in [0.1, 0.15) is 26.2 Å². The van der Waals surface area contributed by atoms with Crippen LogP contribution in [-0.2, 0) is 0 Å². The molecule has 4 nitrogen and oxygen atoms in total. The van der Waals surface area contributed by atoms with Crippen molar-refractivity contribution in [2.75, 3.05) is 25.5 Å². The highest BCUT2D eigenvalue weighted by molar-refractivity contribution is 5.49. The Balaban J connectivity index is 1.72. The van der Waals surface area contributed by atoms with Gasteiger partial charge in [0.2, 0.25) is 0 Å². The van der Waals surface area contributed by atoms with Crippen molar-refractivity contribution in [3.05, 3.63) is 24.3 Å². The maximum atomic E-state index is 6.10. The van der Waals surface area contributed by atoms with Crippen molar-refractivity contribution in [2.24, 2.45) is 5.73 Å². The fraction of sp³-hybridized carbons (Fsp3) is 0.625. The van der Waals surface area contributed by atoms with Crippen LogP contribution in [-0.4, -0.2) is 42.7 Å². The first-order valence-corrected chi connectivity index (χ1v) is 7.54. The zero-order valence-electron chi connectivity index (χ0n) is 12.4. The Morgan fingerprint density at radius 2 is 2.05 bits per heavy atom. The summed E-state index contributed by atoms with van der Waals surface area (Å²) in [6, 6.07) is 9.54. The molecule has 1 aromatic carbocycles. The van der Waals surface area contributed by atoms with E-state index in [1.54, 1.807) is 7.11 Å². The fourth-order valence-corrected chi connectivity index (χ4v) is 3.42. The van der Waals surface area contributed by atoms with Crippen molar-refractivity contribution >= 4 is 5.69 Å². The Kier molecular flexibility index (Phi) is 3.61. The lowest BCUT2D eigenvalue weighted by molar-refractivity contribution is 0.252. The van der Waals surface area contributed by atoms with Gasteiger partial charge >= 0.3 is 0 Å². The number of nitrogens with one attached hydrogen (secondary N) is 1. The standard InChI is InChI=1S/C16H25N3O/c1-12-9-16(10-17,11-19(12)14-5-6-14)18-13-3-7-15(20-2)8-4-13/h3-4,7-8,12,14,18H,5-6,9-11,17H2,1-2H3. The van der Waals surface area contributed by atoms with Crippen molar-refractivity contribution in [1.29, 1.82) is 0 Å². The van der Waals surface area contributed by atoms with Crippen LogP contribution in [0, 0.1) is 0 Å². The van der Waals surface area contributed by atoms with E-state index in [4.69, 9.17) is 10.5 Å². The van der Waals surface area contributed by atoms with E-state index < -0.39 is 0 Å². The molecule has 1 saturated carbocycles. The van der Waals surface area contributed by atoms with Crippen LogP contribution < -0.4 is 15.8 Å². The zero-order chi connectivity index (χ0) is 14.2. The van der Waals surface area contributed by atoms with Crippen LogP contribution >= 0.6 is 0 Å². The predicted octanol–water partition coefficient (Wildman–Crippen LogP) is 2.06. The first-order chi connectivity index (χ1) is 9.65. The third kappa shape index (κ3) is 2.63. The summed E-state index contributed by atoms with van der Waals surface area (Å²) in [7, 11) is 1.69. The minimum absolute atomic E-state index is 0.0105. The first kappa shape index (κ1) is 13.7. The van der Waals surface area contributed by atoms with Gasteiger partial charge in [0.15, 0.2) is 0 Å². The van der Waals surface area contributed by atoms with Gasteiger partial charge in [0.1, 0.15) is 5.75 Å². The molecule has 0 aromatic heterocycles. The van der Waals surface area contributed by atoms with E-state index in [-0.39, 0.29) is 5.54 Å². The maximum Gasteiger partial charge on any atom is 0.119 e. The lowest BCUT2D eigenvalue weighted by Crippen LogP contribution is -2.48. The third-order valence-corrected chi connectivity index (χ3v) is 4.64. The molecule has 3 rings (SSSR count). The molecule has 1 aromatic rings. The van der Waals surface area contributed by atoms with E-state index in [0.29, 0.717) is 12.6 Å². The third-order valence-electron chi connectivity index (χ3n) is 4.64. The zero-order valence-corrected chi connectivity index (χ0v) is 12.4. The van der Waals surface area contributed by atoms with Gasteiger partial charge in [0.05, 0.1) is 12.6 Å². The van der Waals surface area contributed by atoms with E-state index in [0.717, 1.165) is 30.4 Å². The summed E-state index contributed by atoms with van der Waals surface area (Å²) in [6.07, 6.45) is 3.83. The Morgan fingerprint density at radius 3 is 2.60 bits per heavy atom. The Labute approximate surface area is 121 Å². The number of nitrogens with two attached hydrogens (primary N) is 1. The topological polar surface area (TPSA) is 50.5 Å². The summed E-state index contributed by atoms with van der Waals surface area (Å²) in [5.41, 5.74) is 7.24. The number of hydrogen-bond acceptors (Lipinski definition) is 4. The highest BCUT2D eigenvalue weighted by Gasteiger charge is 2.46. The average molecular weight is 275 g/mol. The molecule has 3 N–H and O–H groups in total. The van der Waals surface area contributed by atoms with Crippen LogP contribution in [0.2, 0.25) is 0 Å². The summed E-state index contributed by atoms with van der Waals surface area (Å²) in [4.78, 5) is 2.63. The molecular weight excluding hydrogens is 250 g/mol. The smallest absolute Gasteiger partial charge is 0.119 e. The van der Waals surface area contributed by atoms with E-state index in [9.17, 15) is 0 Å². The molecule has 2 atom stereocenters. The SMILES string of the molecule is COc1ccc(NC2(CN)CC(C)N(C3CC3)C2)cc1. The molecule has 0 spiro atoms. The van der Waals surface area contributed by atoms with Crippen LogP contribution in [0.3, 0.4) is 0 Å². The van der Waals surface area contributed by atoms with Crippen molar-refractivity contribution < 1.29 is 4.74 Å². The number of rotatable bonds is 5. The number of likely N-dealkylation sites (tertiary alicyclic amines) is 1. The second kappa shape index (κ2) is 5.26. The number of anilines is 1. The lowest BCUT2D eigenvalue weighted by atomic mass is 9.96. The molecule has 0 radical (unpaired) electrons. The highest BCUT2D eigenvalue weighted by Crippen LogP contribution is 2.38. The Hall–Kier alpha value is -1.26. The van der Waals surface area contributed by atoms with Gasteiger partial charge in [-0.2, -0.15) is 0 Å². The Morgan fingerprint density at radius 1 is 1.35 bits per heavy atom. The van der Waals surface area contributed by atoms with Crippen LogP contribution in [0.4, 0.5) is 5.69 Å². The monoisotopic (exact) mass is 275 g/mol.